The van der Waals surface area contributed by atoms with Gasteiger partial charge in [0.2, 0.25) is 17.7 Å². The Morgan fingerprint density at radius 1 is 1.06 bits per heavy atom. The lowest BCUT2D eigenvalue weighted by Gasteiger charge is -2.27. The van der Waals surface area contributed by atoms with E-state index in [-0.39, 0.29) is 18.1 Å². The number of fused-ring (bicyclic) bond motifs is 1. The van der Waals surface area contributed by atoms with Crippen molar-refractivity contribution in [2.45, 2.75) is 50.9 Å². The number of H-pyrrole nitrogens is 1. The molecule has 0 fully saturated rings. The predicted octanol–water partition coefficient (Wildman–Crippen LogP) is 0.916. The Hall–Kier alpha value is -2.70. The minimum Gasteiger partial charge on any atom is -0.480 e. The number of aromatic nitrogens is 1. The number of para-hydroxylation sites is 1. The molecule has 3 amide bonds. The average Bonchev–Trinajstić information content (AvgIpc) is 3.25. The van der Waals surface area contributed by atoms with Crippen molar-refractivity contribution in [1.82, 2.24) is 20.9 Å². The molecule has 7 N–H and O–H groups in total. The molecule has 0 aliphatic carbocycles. The van der Waals surface area contributed by atoms with Crippen LogP contribution < -0.4 is 21.7 Å². The fourth-order valence-corrected chi connectivity index (χ4v) is 4.36. The number of aliphatic carboxylic acids is 1. The lowest BCUT2D eigenvalue weighted by Crippen LogP contribution is -2.59. The van der Waals surface area contributed by atoms with E-state index in [1.54, 1.807) is 31.8 Å². The van der Waals surface area contributed by atoms with E-state index in [0.717, 1.165) is 16.5 Å². The van der Waals surface area contributed by atoms with Crippen molar-refractivity contribution in [3.05, 3.63) is 36.0 Å². The van der Waals surface area contributed by atoms with Gasteiger partial charge in [0, 0.05) is 29.3 Å². The summed E-state index contributed by atoms with van der Waals surface area (Å²) in [4.78, 5) is 53.5. The van der Waals surface area contributed by atoms with Gasteiger partial charge in [-0.05, 0) is 36.0 Å². The molecule has 10 nitrogen and oxygen atoms in total. The number of hydrogen-bond donors (Lipinski definition) is 7. The molecule has 36 heavy (non-hydrogen) atoms. The summed E-state index contributed by atoms with van der Waals surface area (Å²) in [6.07, 6.45) is 4.31. The summed E-state index contributed by atoms with van der Waals surface area (Å²) in [6.45, 7) is 3.46. The van der Waals surface area contributed by atoms with E-state index < -0.39 is 47.9 Å². The van der Waals surface area contributed by atoms with Crippen molar-refractivity contribution >= 4 is 59.0 Å². The van der Waals surface area contributed by atoms with Crippen LogP contribution in [-0.4, -0.2) is 75.7 Å². The van der Waals surface area contributed by atoms with Crippen molar-refractivity contribution in [1.29, 1.82) is 0 Å². The minimum absolute atomic E-state index is 0.104. The van der Waals surface area contributed by atoms with Crippen LogP contribution in [0.2, 0.25) is 0 Å². The SMILES string of the molecule is CSCCC(N)C(=O)NC(Cc1c[nH]c2ccccc12)C(=O)NC(C(=O)NC(CS)C(=O)O)C(C)C. The maximum absolute atomic E-state index is 13.4. The number of aromatic amines is 1. The molecule has 0 saturated heterocycles. The highest BCUT2D eigenvalue weighted by Gasteiger charge is 2.32. The van der Waals surface area contributed by atoms with Crippen LogP contribution in [0.4, 0.5) is 0 Å². The van der Waals surface area contributed by atoms with Gasteiger partial charge in [0.1, 0.15) is 18.1 Å². The van der Waals surface area contributed by atoms with Crippen molar-refractivity contribution in [2.75, 3.05) is 17.8 Å². The monoisotopic (exact) mass is 537 g/mol. The zero-order valence-corrected chi connectivity index (χ0v) is 22.3. The van der Waals surface area contributed by atoms with Crippen molar-refractivity contribution in [2.24, 2.45) is 11.7 Å². The van der Waals surface area contributed by atoms with Crippen molar-refractivity contribution in [3.8, 4) is 0 Å². The van der Waals surface area contributed by atoms with Crippen LogP contribution in [0.5, 0.6) is 0 Å². The fraction of sp³-hybridized carbons (Fsp3) is 0.500. The van der Waals surface area contributed by atoms with E-state index in [4.69, 9.17) is 5.73 Å². The first-order valence-corrected chi connectivity index (χ1v) is 13.7. The second-order valence-corrected chi connectivity index (χ2v) is 10.2. The Morgan fingerprint density at radius 2 is 1.72 bits per heavy atom. The summed E-state index contributed by atoms with van der Waals surface area (Å²) in [7, 11) is 0. The molecule has 198 valence electrons. The van der Waals surface area contributed by atoms with Crippen molar-refractivity contribution in [3.63, 3.8) is 0 Å². The number of carboxylic acid groups (broad SMARTS) is 1. The standard InChI is InChI=1S/C24H35N5O5S2/c1-13(2)20(23(32)28-19(12-35)24(33)34)29-22(31)18(27-21(30)16(25)8-9-36-3)10-14-11-26-17-7-5-4-6-15(14)17/h4-7,11,13,16,18-20,26,35H,8-10,12,25H2,1-3H3,(H,27,30)(H,28,32)(H,29,31)(H,33,34). The van der Waals surface area contributed by atoms with E-state index in [0.29, 0.717) is 12.2 Å². The summed E-state index contributed by atoms with van der Waals surface area (Å²) in [5.41, 5.74) is 7.73. The second kappa shape index (κ2) is 14.1. The van der Waals surface area contributed by atoms with E-state index in [1.807, 2.05) is 30.5 Å². The quantitative estimate of drug-likeness (QED) is 0.176. The summed E-state index contributed by atoms with van der Waals surface area (Å²) in [6, 6.07) is 3.57. The Bertz CT molecular complexity index is 1060. The van der Waals surface area contributed by atoms with Gasteiger partial charge in [0.15, 0.2) is 0 Å². The molecular weight excluding hydrogens is 502 g/mol. The van der Waals surface area contributed by atoms with E-state index >= 15 is 0 Å². The molecule has 1 aromatic carbocycles. The Morgan fingerprint density at radius 3 is 2.33 bits per heavy atom. The number of benzene rings is 1. The lowest BCUT2D eigenvalue weighted by molar-refractivity contribution is -0.142. The number of nitrogens with one attached hydrogen (secondary N) is 4. The molecular formula is C24H35N5O5S2. The predicted molar refractivity (Wildman–Crippen MR) is 145 cm³/mol. The van der Waals surface area contributed by atoms with E-state index in [2.05, 4.69) is 33.6 Å². The molecule has 0 spiro atoms. The summed E-state index contributed by atoms with van der Waals surface area (Å²) in [5.74, 6) is -2.67. The summed E-state index contributed by atoms with van der Waals surface area (Å²) < 4.78 is 0. The van der Waals surface area contributed by atoms with Crippen LogP contribution in [0.25, 0.3) is 10.9 Å². The van der Waals surface area contributed by atoms with E-state index in [1.165, 1.54) is 0 Å². The van der Waals surface area contributed by atoms with Crippen molar-refractivity contribution < 1.29 is 24.3 Å². The van der Waals surface area contributed by atoms with E-state index in [9.17, 15) is 24.3 Å². The van der Waals surface area contributed by atoms with Gasteiger partial charge in [-0.15, -0.1) is 0 Å². The molecule has 0 bridgehead atoms. The average molecular weight is 538 g/mol. The number of rotatable bonds is 14. The highest BCUT2D eigenvalue weighted by Crippen LogP contribution is 2.19. The number of thiol groups is 1. The normalized spacial score (nSPS) is 14.6. The topological polar surface area (TPSA) is 166 Å². The molecule has 4 atom stereocenters. The highest BCUT2D eigenvalue weighted by atomic mass is 32.2. The van der Waals surface area contributed by atoms with Crippen LogP contribution in [0, 0.1) is 5.92 Å². The van der Waals surface area contributed by atoms with Crippen LogP contribution in [-0.2, 0) is 25.6 Å². The molecule has 1 aromatic heterocycles. The van der Waals surface area contributed by atoms with Gasteiger partial charge in [-0.2, -0.15) is 24.4 Å². The van der Waals surface area contributed by atoms with Gasteiger partial charge in [0.05, 0.1) is 6.04 Å². The second-order valence-electron chi connectivity index (χ2n) is 8.83. The first-order valence-electron chi connectivity index (χ1n) is 11.6. The molecule has 1 heterocycles. The zero-order chi connectivity index (χ0) is 26.8. The van der Waals surface area contributed by atoms with Crippen LogP contribution in [0.1, 0.15) is 25.8 Å². The molecule has 4 unspecified atom stereocenters. The van der Waals surface area contributed by atoms with Gasteiger partial charge in [-0.1, -0.05) is 32.0 Å². The maximum atomic E-state index is 13.4. The molecule has 0 aliphatic rings. The van der Waals surface area contributed by atoms with Crippen LogP contribution >= 0.6 is 24.4 Å². The molecule has 2 aromatic rings. The number of carboxylic acids is 1. The number of carbonyl (C=O) groups is 4. The highest BCUT2D eigenvalue weighted by molar-refractivity contribution is 7.98. The third-order valence-corrected chi connectivity index (χ3v) is 6.75. The zero-order valence-electron chi connectivity index (χ0n) is 20.6. The van der Waals surface area contributed by atoms with Crippen LogP contribution in [0.15, 0.2) is 30.5 Å². The smallest absolute Gasteiger partial charge is 0.327 e. The van der Waals surface area contributed by atoms with Gasteiger partial charge in [0.25, 0.3) is 0 Å². The van der Waals surface area contributed by atoms with Gasteiger partial charge < -0.3 is 31.8 Å². The van der Waals surface area contributed by atoms with Gasteiger partial charge in [-0.3, -0.25) is 14.4 Å². The Labute approximate surface area is 220 Å². The molecule has 2 rings (SSSR count). The van der Waals surface area contributed by atoms with Crippen LogP contribution in [0.3, 0.4) is 0 Å². The third kappa shape index (κ3) is 8.17. The largest absolute Gasteiger partial charge is 0.480 e. The number of thioether (sulfide) groups is 1. The fourth-order valence-electron chi connectivity index (χ4n) is 3.62. The van der Waals surface area contributed by atoms with Gasteiger partial charge >= 0.3 is 5.97 Å². The lowest BCUT2D eigenvalue weighted by atomic mass is 10.00. The number of nitrogens with two attached hydrogens (primary N) is 1. The first-order chi connectivity index (χ1) is 17.1. The minimum atomic E-state index is -1.23. The Balaban J connectivity index is 2.26. The summed E-state index contributed by atoms with van der Waals surface area (Å²) >= 11 is 5.53. The molecule has 12 heteroatoms. The first kappa shape index (κ1) is 29.5. The van der Waals surface area contributed by atoms with Gasteiger partial charge in [-0.25, -0.2) is 4.79 Å². The molecule has 0 aliphatic heterocycles. The number of amides is 3. The number of carbonyl (C=O) groups excluding carboxylic acids is 3. The molecule has 0 radical (unpaired) electrons. The molecule has 0 saturated carbocycles. The maximum Gasteiger partial charge on any atom is 0.327 e. The summed E-state index contributed by atoms with van der Waals surface area (Å²) in [5, 5.41) is 18.0. The third-order valence-electron chi connectivity index (χ3n) is 5.75. The Kier molecular flexibility index (Phi) is 11.6. The number of hydrogen-bond acceptors (Lipinski definition) is 7.